The highest BCUT2D eigenvalue weighted by Crippen LogP contribution is 2.41. The van der Waals surface area contributed by atoms with Crippen LogP contribution in [0.2, 0.25) is 0 Å². The molecule has 22 heavy (non-hydrogen) atoms. The Morgan fingerprint density at radius 2 is 1.45 bits per heavy atom. The third-order valence-corrected chi connectivity index (χ3v) is 3.87. The van der Waals surface area contributed by atoms with Crippen molar-refractivity contribution in [3.63, 3.8) is 0 Å². The largest absolute Gasteiger partial charge is 0.507 e. The van der Waals surface area contributed by atoms with E-state index in [4.69, 9.17) is 9.47 Å². The Hall–Kier alpha value is -2.82. The Balaban J connectivity index is 2.36. The first kappa shape index (κ1) is 14.1. The monoisotopic (exact) mass is 298 g/mol. The summed E-state index contributed by atoms with van der Waals surface area (Å²) in [6, 6.07) is 6.24. The molecule has 0 aliphatic heterocycles. The molecule has 0 spiro atoms. The van der Waals surface area contributed by atoms with Crippen LogP contribution >= 0.6 is 0 Å². The molecule has 0 aromatic heterocycles. The lowest BCUT2D eigenvalue weighted by Gasteiger charge is -2.22. The maximum Gasteiger partial charge on any atom is 0.198 e. The molecular weight excluding hydrogens is 284 g/mol. The van der Waals surface area contributed by atoms with Crippen LogP contribution in [0.1, 0.15) is 37.4 Å². The summed E-state index contributed by atoms with van der Waals surface area (Å²) in [4.78, 5) is 25.5. The summed E-state index contributed by atoms with van der Waals surface area (Å²) in [6.45, 7) is 1.68. The van der Waals surface area contributed by atoms with Gasteiger partial charge in [-0.3, -0.25) is 9.59 Å². The van der Waals surface area contributed by atoms with E-state index in [0.717, 1.165) is 0 Å². The smallest absolute Gasteiger partial charge is 0.198 e. The summed E-state index contributed by atoms with van der Waals surface area (Å²) in [6.07, 6.45) is 0. The lowest BCUT2D eigenvalue weighted by Crippen LogP contribution is -2.22. The van der Waals surface area contributed by atoms with Gasteiger partial charge in [0.15, 0.2) is 23.1 Å². The van der Waals surface area contributed by atoms with Crippen LogP contribution in [0.4, 0.5) is 0 Å². The third kappa shape index (κ3) is 1.72. The van der Waals surface area contributed by atoms with Crippen LogP contribution in [0.25, 0.3) is 0 Å². The molecule has 0 unspecified atom stereocenters. The van der Waals surface area contributed by atoms with Gasteiger partial charge in [-0.25, -0.2) is 0 Å². The molecular formula is C17H14O5. The van der Waals surface area contributed by atoms with Gasteiger partial charge < -0.3 is 14.6 Å². The molecule has 5 nitrogen and oxygen atoms in total. The van der Waals surface area contributed by atoms with Crippen LogP contribution in [0, 0.1) is 6.92 Å². The van der Waals surface area contributed by atoms with Gasteiger partial charge in [0.25, 0.3) is 0 Å². The zero-order chi connectivity index (χ0) is 16.0. The van der Waals surface area contributed by atoms with E-state index < -0.39 is 5.78 Å². The predicted molar refractivity (Wildman–Crippen MR) is 79.3 cm³/mol. The summed E-state index contributed by atoms with van der Waals surface area (Å²) in [5.41, 5.74) is 1.14. The summed E-state index contributed by atoms with van der Waals surface area (Å²) in [5.74, 6) is -0.315. The van der Waals surface area contributed by atoms with Gasteiger partial charge in [0.2, 0.25) is 0 Å². The quantitative estimate of drug-likeness (QED) is 0.787. The Kier molecular flexibility index (Phi) is 3.13. The minimum atomic E-state index is -0.397. The summed E-state index contributed by atoms with van der Waals surface area (Å²) in [5, 5.41) is 10.2. The number of methoxy groups -OCH3 is 2. The van der Waals surface area contributed by atoms with E-state index >= 15 is 0 Å². The van der Waals surface area contributed by atoms with Crippen LogP contribution in [-0.2, 0) is 0 Å². The van der Waals surface area contributed by atoms with Crippen molar-refractivity contribution in [2.45, 2.75) is 6.92 Å². The Labute approximate surface area is 127 Å². The normalized spacial score (nSPS) is 12.7. The van der Waals surface area contributed by atoms with E-state index in [-0.39, 0.29) is 39.5 Å². The van der Waals surface area contributed by atoms with Gasteiger partial charge in [-0.15, -0.1) is 0 Å². The highest BCUT2D eigenvalue weighted by molar-refractivity contribution is 6.30. The van der Waals surface area contributed by atoms with E-state index in [1.54, 1.807) is 25.1 Å². The van der Waals surface area contributed by atoms with Crippen molar-refractivity contribution in [1.82, 2.24) is 0 Å². The molecule has 1 aliphatic carbocycles. The second kappa shape index (κ2) is 4.87. The lowest BCUT2D eigenvalue weighted by atomic mass is 9.82. The minimum absolute atomic E-state index is 0.0460. The maximum atomic E-state index is 12.8. The molecule has 1 aliphatic rings. The third-order valence-electron chi connectivity index (χ3n) is 3.87. The number of carbonyl (C=O) groups is 2. The van der Waals surface area contributed by atoms with E-state index in [1.165, 1.54) is 20.3 Å². The van der Waals surface area contributed by atoms with Crippen LogP contribution in [0.5, 0.6) is 17.2 Å². The number of hydrogen-bond acceptors (Lipinski definition) is 5. The SMILES string of the molecule is COc1ccc2c(c1OC)C(=O)c1ccc(C)c(O)c1C2=O. The Morgan fingerprint density at radius 1 is 0.864 bits per heavy atom. The molecule has 0 fully saturated rings. The van der Waals surface area contributed by atoms with Crippen molar-refractivity contribution in [3.05, 3.63) is 52.1 Å². The second-order valence-electron chi connectivity index (χ2n) is 5.04. The first-order valence-corrected chi connectivity index (χ1v) is 6.68. The molecule has 0 atom stereocenters. The molecule has 0 saturated heterocycles. The first-order chi connectivity index (χ1) is 10.5. The minimum Gasteiger partial charge on any atom is -0.507 e. The molecule has 1 N–H and O–H groups in total. The number of phenols is 1. The number of aryl methyl sites for hydroxylation is 1. The Bertz CT molecular complexity index is 820. The van der Waals surface area contributed by atoms with Gasteiger partial charge in [-0.05, 0) is 30.7 Å². The number of carbonyl (C=O) groups excluding carboxylic acids is 2. The average molecular weight is 298 g/mol. The zero-order valence-corrected chi connectivity index (χ0v) is 12.4. The highest BCUT2D eigenvalue weighted by Gasteiger charge is 2.36. The molecule has 0 heterocycles. The van der Waals surface area contributed by atoms with Crippen LogP contribution < -0.4 is 9.47 Å². The van der Waals surface area contributed by atoms with Crippen LogP contribution in [-0.4, -0.2) is 30.9 Å². The van der Waals surface area contributed by atoms with Gasteiger partial charge in [0, 0.05) is 11.1 Å². The average Bonchev–Trinajstić information content (AvgIpc) is 2.53. The zero-order valence-electron chi connectivity index (χ0n) is 12.4. The van der Waals surface area contributed by atoms with Gasteiger partial charge in [0.1, 0.15) is 5.75 Å². The number of fused-ring (bicyclic) bond motifs is 2. The van der Waals surface area contributed by atoms with Crippen molar-refractivity contribution >= 4 is 11.6 Å². The number of ketones is 2. The molecule has 0 radical (unpaired) electrons. The van der Waals surface area contributed by atoms with Crippen molar-refractivity contribution in [3.8, 4) is 17.2 Å². The van der Waals surface area contributed by atoms with Crippen molar-refractivity contribution in [1.29, 1.82) is 0 Å². The summed E-state index contributed by atoms with van der Waals surface area (Å²) < 4.78 is 10.4. The molecule has 3 rings (SSSR count). The van der Waals surface area contributed by atoms with Crippen molar-refractivity contribution < 1.29 is 24.2 Å². The fourth-order valence-corrected chi connectivity index (χ4v) is 2.73. The highest BCUT2D eigenvalue weighted by atomic mass is 16.5. The van der Waals surface area contributed by atoms with Gasteiger partial charge in [-0.2, -0.15) is 0 Å². The van der Waals surface area contributed by atoms with E-state index in [9.17, 15) is 14.7 Å². The number of rotatable bonds is 2. The number of aromatic hydroxyl groups is 1. The fraction of sp³-hybridized carbons (Fsp3) is 0.176. The van der Waals surface area contributed by atoms with Gasteiger partial charge >= 0.3 is 0 Å². The molecule has 0 bridgehead atoms. The predicted octanol–water partition coefficient (Wildman–Crippen LogP) is 2.49. The summed E-state index contributed by atoms with van der Waals surface area (Å²) >= 11 is 0. The topological polar surface area (TPSA) is 72.8 Å². The number of benzene rings is 2. The summed E-state index contributed by atoms with van der Waals surface area (Å²) in [7, 11) is 2.88. The fourth-order valence-electron chi connectivity index (χ4n) is 2.73. The lowest BCUT2D eigenvalue weighted by molar-refractivity contribution is 0.0973. The molecule has 112 valence electrons. The van der Waals surface area contributed by atoms with E-state index in [0.29, 0.717) is 11.3 Å². The van der Waals surface area contributed by atoms with Gasteiger partial charge in [0.05, 0.1) is 25.3 Å². The standard InChI is InChI=1S/C17H14O5/c1-8-4-5-9-12(14(8)18)15(19)10-6-7-11(21-2)17(22-3)13(10)16(9)20/h4-7,18H,1-3H3. The number of ether oxygens (including phenoxy) is 2. The van der Waals surface area contributed by atoms with E-state index in [2.05, 4.69) is 0 Å². The van der Waals surface area contributed by atoms with Crippen LogP contribution in [0.15, 0.2) is 24.3 Å². The van der Waals surface area contributed by atoms with Crippen molar-refractivity contribution in [2.24, 2.45) is 0 Å². The molecule has 0 saturated carbocycles. The maximum absolute atomic E-state index is 12.8. The number of hydrogen-bond donors (Lipinski definition) is 1. The molecule has 2 aromatic rings. The van der Waals surface area contributed by atoms with Gasteiger partial charge in [-0.1, -0.05) is 6.07 Å². The van der Waals surface area contributed by atoms with Crippen molar-refractivity contribution in [2.75, 3.05) is 14.2 Å². The first-order valence-electron chi connectivity index (χ1n) is 6.68. The molecule has 5 heteroatoms. The van der Waals surface area contributed by atoms with Crippen LogP contribution in [0.3, 0.4) is 0 Å². The Morgan fingerprint density at radius 3 is 2.09 bits per heavy atom. The second-order valence-corrected chi connectivity index (χ2v) is 5.04. The van der Waals surface area contributed by atoms with E-state index in [1.807, 2.05) is 0 Å². The number of phenolic OH excluding ortho intramolecular Hbond substituents is 1. The molecule has 2 aromatic carbocycles. The molecule has 0 amide bonds.